The average molecular weight is 191 g/mol. The first-order chi connectivity index (χ1) is 5.70. The minimum atomic E-state index is -0.294. The fraction of sp³-hybridized carbons (Fsp3) is 0.125. The fourth-order valence-electron chi connectivity index (χ4n) is 0.460. The van der Waals surface area contributed by atoms with E-state index >= 15 is 0 Å². The molecular weight excluding hydrogens is 183 g/mol. The lowest BCUT2D eigenvalue weighted by Crippen LogP contribution is -1.68. The molecule has 12 heavy (non-hydrogen) atoms. The largest absolute Gasteiger partial charge is 0.471 e. The normalized spacial score (nSPS) is 7.92. The minimum Gasteiger partial charge on any atom is -0.471 e. The van der Waals surface area contributed by atoms with E-state index in [9.17, 15) is 4.39 Å². The van der Waals surface area contributed by atoms with Crippen LogP contribution in [0.1, 0.15) is 0 Å². The molecule has 0 fully saturated rings. The van der Waals surface area contributed by atoms with E-state index in [1.54, 1.807) is 12.1 Å². The third kappa shape index (κ3) is 5.68. The molecule has 0 N–H and O–H groups in total. The van der Waals surface area contributed by atoms with Gasteiger partial charge in [-0.3, -0.25) is 4.79 Å². The number of hydrogen-bond donors (Lipinski definition) is 0. The smallest absolute Gasteiger partial charge is 0.292 e. The zero-order chi connectivity index (χ0) is 9.40. The van der Waals surface area contributed by atoms with Crippen molar-refractivity contribution in [2.24, 2.45) is 0 Å². The van der Waals surface area contributed by atoms with Crippen LogP contribution >= 0.6 is 11.6 Å². The summed E-state index contributed by atoms with van der Waals surface area (Å²) in [6.45, 7) is 0.375. The standard InChI is InChI=1S/C6H4ClF.C2H4O2/c7-5-2-1-3-6(8)4-5;1-4-2-3/h1-4H;2H,1H3. The highest BCUT2D eigenvalue weighted by Gasteiger charge is 1.86. The van der Waals surface area contributed by atoms with Crippen LogP contribution in [0.4, 0.5) is 4.39 Å². The molecule has 0 aliphatic rings. The number of ether oxygens (including phenoxy) is 1. The predicted molar refractivity (Wildman–Crippen MR) is 44.5 cm³/mol. The Balaban J connectivity index is 0.000000261. The van der Waals surface area contributed by atoms with Gasteiger partial charge in [-0.1, -0.05) is 17.7 Å². The quantitative estimate of drug-likeness (QED) is 0.635. The van der Waals surface area contributed by atoms with Crippen molar-refractivity contribution >= 4 is 18.1 Å². The molecule has 0 atom stereocenters. The Morgan fingerprint density at radius 2 is 2.17 bits per heavy atom. The molecule has 1 aromatic rings. The van der Waals surface area contributed by atoms with Crippen LogP contribution in [0.15, 0.2) is 24.3 Å². The lowest BCUT2D eigenvalue weighted by molar-refractivity contribution is -0.126. The molecule has 0 amide bonds. The van der Waals surface area contributed by atoms with Gasteiger partial charge in [-0.15, -0.1) is 0 Å². The molecule has 0 heterocycles. The Hall–Kier alpha value is -1.09. The maximum atomic E-state index is 12.1. The maximum Gasteiger partial charge on any atom is 0.292 e. The number of methoxy groups -OCH3 is 1. The molecule has 0 unspecified atom stereocenters. The molecule has 1 aromatic carbocycles. The summed E-state index contributed by atoms with van der Waals surface area (Å²) < 4.78 is 15.9. The molecule has 66 valence electrons. The van der Waals surface area contributed by atoms with E-state index in [1.165, 1.54) is 19.2 Å². The third-order valence-electron chi connectivity index (χ3n) is 0.883. The van der Waals surface area contributed by atoms with Crippen LogP contribution in [-0.4, -0.2) is 13.6 Å². The molecule has 0 aromatic heterocycles. The van der Waals surface area contributed by atoms with Gasteiger partial charge in [0.1, 0.15) is 5.82 Å². The summed E-state index contributed by atoms with van der Waals surface area (Å²) >= 11 is 5.40. The van der Waals surface area contributed by atoms with Gasteiger partial charge in [0.25, 0.3) is 6.47 Å². The number of benzene rings is 1. The second-order valence-corrected chi connectivity index (χ2v) is 2.21. The molecule has 0 bridgehead atoms. The molecule has 0 saturated carbocycles. The predicted octanol–water partition coefficient (Wildman–Crippen LogP) is 2.27. The highest BCUT2D eigenvalue weighted by Crippen LogP contribution is 2.07. The number of rotatable bonds is 1. The second-order valence-electron chi connectivity index (χ2n) is 1.77. The molecule has 4 heteroatoms. The van der Waals surface area contributed by atoms with Gasteiger partial charge in [-0.05, 0) is 18.2 Å². The molecule has 0 saturated heterocycles. The van der Waals surface area contributed by atoms with Crippen LogP contribution < -0.4 is 0 Å². The van der Waals surface area contributed by atoms with Gasteiger partial charge in [0.05, 0.1) is 7.11 Å². The lowest BCUT2D eigenvalue weighted by Gasteiger charge is -1.85. The van der Waals surface area contributed by atoms with E-state index < -0.39 is 0 Å². The van der Waals surface area contributed by atoms with E-state index in [4.69, 9.17) is 16.4 Å². The van der Waals surface area contributed by atoms with Crippen LogP contribution in [-0.2, 0) is 9.53 Å². The molecule has 2 nitrogen and oxygen atoms in total. The van der Waals surface area contributed by atoms with Crippen molar-refractivity contribution in [2.45, 2.75) is 0 Å². The van der Waals surface area contributed by atoms with Crippen LogP contribution in [0.2, 0.25) is 5.02 Å². The van der Waals surface area contributed by atoms with Crippen molar-refractivity contribution in [3.63, 3.8) is 0 Å². The van der Waals surface area contributed by atoms with Crippen molar-refractivity contribution < 1.29 is 13.9 Å². The molecule has 0 spiro atoms. The van der Waals surface area contributed by atoms with Gasteiger partial charge in [0, 0.05) is 5.02 Å². The summed E-state index contributed by atoms with van der Waals surface area (Å²) in [7, 11) is 1.31. The lowest BCUT2D eigenvalue weighted by atomic mass is 10.4. The zero-order valence-corrected chi connectivity index (χ0v) is 7.22. The van der Waals surface area contributed by atoms with Crippen LogP contribution in [0.3, 0.4) is 0 Å². The summed E-state index contributed by atoms with van der Waals surface area (Å²) in [5.74, 6) is -0.294. The first-order valence-electron chi connectivity index (χ1n) is 3.08. The SMILES string of the molecule is COC=O.Fc1cccc(Cl)c1. The van der Waals surface area contributed by atoms with E-state index in [-0.39, 0.29) is 5.82 Å². The Morgan fingerprint density at radius 1 is 1.58 bits per heavy atom. The van der Waals surface area contributed by atoms with E-state index in [1.807, 2.05) is 0 Å². The summed E-state index contributed by atoms with van der Waals surface area (Å²) in [5, 5.41) is 0.435. The summed E-state index contributed by atoms with van der Waals surface area (Å²) in [4.78, 5) is 8.95. The fourth-order valence-corrected chi connectivity index (χ4v) is 0.637. The van der Waals surface area contributed by atoms with Gasteiger partial charge < -0.3 is 4.74 Å². The first-order valence-corrected chi connectivity index (χ1v) is 3.46. The van der Waals surface area contributed by atoms with Crippen LogP contribution in [0.5, 0.6) is 0 Å². The molecule has 0 aliphatic carbocycles. The molecule has 0 radical (unpaired) electrons. The number of halogens is 2. The van der Waals surface area contributed by atoms with Gasteiger partial charge in [-0.25, -0.2) is 4.39 Å². The Labute approximate surface area is 74.9 Å². The van der Waals surface area contributed by atoms with E-state index in [0.717, 1.165) is 0 Å². The number of carbonyl (C=O) groups is 1. The van der Waals surface area contributed by atoms with Crippen molar-refractivity contribution in [2.75, 3.05) is 7.11 Å². The Kier molecular flexibility index (Phi) is 6.01. The average Bonchev–Trinajstić information content (AvgIpc) is 2.04. The van der Waals surface area contributed by atoms with Crippen molar-refractivity contribution in [3.05, 3.63) is 35.1 Å². The highest BCUT2D eigenvalue weighted by atomic mass is 35.5. The van der Waals surface area contributed by atoms with Crippen molar-refractivity contribution in [1.29, 1.82) is 0 Å². The first kappa shape index (κ1) is 10.9. The third-order valence-corrected chi connectivity index (χ3v) is 1.12. The molecule has 1 rings (SSSR count). The summed E-state index contributed by atoms with van der Waals surface area (Å²) in [6.07, 6.45) is 0. The van der Waals surface area contributed by atoms with Crippen LogP contribution in [0.25, 0.3) is 0 Å². The minimum absolute atomic E-state index is 0.294. The summed E-state index contributed by atoms with van der Waals surface area (Å²) in [6, 6.07) is 5.82. The zero-order valence-electron chi connectivity index (χ0n) is 6.46. The van der Waals surface area contributed by atoms with Gasteiger partial charge in [0.15, 0.2) is 0 Å². The topological polar surface area (TPSA) is 26.3 Å². The summed E-state index contributed by atoms with van der Waals surface area (Å²) in [5.41, 5.74) is 0. The highest BCUT2D eigenvalue weighted by molar-refractivity contribution is 6.30. The van der Waals surface area contributed by atoms with Crippen LogP contribution in [0, 0.1) is 5.82 Å². The Morgan fingerprint density at radius 3 is 2.42 bits per heavy atom. The van der Waals surface area contributed by atoms with Gasteiger partial charge in [-0.2, -0.15) is 0 Å². The number of carbonyl (C=O) groups excluding carboxylic acids is 1. The maximum absolute atomic E-state index is 12.1. The Bertz CT molecular complexity index is 223. The van der Waals surface area contributed by atoms with Crippen molar-refractivity contribution in [1.82, 2.24) is 0 Å². The number of hydrogen-bond acceptors (Lipinski definition) is 2. The van der Waals surface area contributed by atoms with E-state index in [2.05, 4.69) is 4.74 Å². The second kappa shape index (κ2) is 6.61. The van der Waals surface area contributed by atoms with E-state index in [0.29, 0.717) is 11.5 Å². The monoisotopic (exact) mass is 190 g/mol. The van der Waals surface area contributed by atoms with Gasteiger partial charge in [0.2, 0.25) is 0 Å². The molecule has 0 aliphatic heterocycles. The molecular formula is C8H8ClFO2. The van der Waals surface area contributed by atoms with Gasteiger partial charge >= 0.3 is 0 Å². The van der Waals surface area contributed by atoms with Crippen molar-refractivity contribution in [3.8, 4) is 0 Å².